The average molecular weight is 217 g/mol. The minimum atomic E-state index is -1.08. The van der Waals surface area contributed by atoms with E-state index in [4.69, 9.17) is 14.2 Å². The Morgan fingerprint density at radius 1 is 1.60 bits per heavy atom. The van der Waals surface area contributed by atoms with Crippen LogP contribution in [0.15, 0.2) is 0 Å². The van der Waals surface area contributed by atoms with Gasteiger partial charge in [0.25, 0.3) is 0 Å². The van der Waals surface area contributed by atoms with Gasteiger partial charge in [-0.2, -0.15) is 0 Å². The molecular formula is C9H15NO5. The maximum absolute atomic E-state index is 11.2. The first-order valence-corrected chi connectivity index (χ1v) is 4.85. The van der Waals surface area contributed by atoms with E-state index >= 15 is 0 Å². The smallest absolute Gasteiger partial charge is 0.408 e. The summed E-state index contributed by atoms with van der Waals surface area (Å²) in [6, 6.07) is -0.307. The molecule has 6 heteroatoms. The van der Waals surface area contributed by atoms with Gasteiger partial charge in [-0.3, -0.25) is 0 Å². The normalized spacial score (nSPS) is 49.5. The fraction of sp³-hybridized carbons (Fsp3) is 0.889. The van der Waals surface area contributed by atoms with Crippen molar-refractivity contribution in [3.8, 4) is 0 Å². The Hall–Kier alpha value is -0.850. The summed E-state index contributed by atoms with van der Waals surface area (Å²) in [6.45, 7) is 3.50. The molecule has 0 aromatic carbocycles. The third-order valence-corrected chi connectivity index (χ3v) is 3.10. The first-order chi connectivity index (χ1) is 6.99. The van der Waals surface area contributed by atoms with Crippen LogP contribution < -0.4 is 5.32 Å². The number of aliphatic hydroxyl groups excluding tert-OH is 1. The maximum Gasteiger partial charge on any atom is 0.408 e. The maximum atomic E-state index is 11.2. The van der Waals surface area contributed by atoms with E-state index in [1.807, 2.05) is 0 Å². The highest BCUT2D eigenvalue weighted by atomic mass is 16.7. The van der Waals surface area contributed by atoms with Gasteiger partial charge in [-0.25, -0.2) is 4.79 Å². The van der Waals surface area contributed by atoms with Crippen LogP contribution >= 0.6 is 0 Å². The summed E-state index contributed by atoms with van der Waals surface area (Å²) < 4.78 is 15.6. The monoisotopic (exact) mass is 217 g/mol. The van der Waals surface area contributed by atoms with Crippen LogP contribution in [0.4, 0.5) is 4.79 Å². The number of hydrogen-bond acceptors (Lipinski definition) is 5. The van der Waals surface area contributed by atoms with Gasteiger partial charge >= 0.3 is 6.09 Å². The fourth-order valence-electron chi connectivity index (χ4n) is 2.38. The first kappa shape index (κ1) is 10.7. The Labute approximate surface area is 87.5 Å². The number of fused-ring (bicyclic) bond motifs is 1. The van der Waals surface area contributed by atoms with Crippen molar-refractivity contribution < 1.29 is 24.1 Å². The second-order valence-corrected chi connectivity index (χ2v) is 4.08. The molecule has 0 bridgehead atoms. The number of alkyl carbamates (subject to hydrolysis) is 1. The topological polar surface area (TPSA) is 77.0 Å². The molecule has 0 aromatic rings. The molecular weight excluding hydrogens is 202 g/mol. The lowest BCUT2D eigenvalue weighted by atomic mass is 9.84. The largest absolute Gasteiger partial charge is 0.438 e. The number of carbonyl (C=O) groups excluding carboxylic acids is 1. The summed E-state index contributed by atoms with van der Waals surface area (Å²) in [5, 5.41) is 12.3. The van der Waals surface area contributed by atoms with Crippen molar-refractivity contribution in [3.05, 3.63) is 0 Å². The second-order valence-electron chi connectivity index (χ2n) is 4.08. The first-order valence-electron chi connectivity index (χ1n) is 4.85. The van der Waals surface area contributed by atoms with Crippen LogP contribution in [0.3, 0.4) is 0 Å². The van der Waals surface area contributed by atoms with Gasteiger partial charge in [0.1, 0.15) is 12.1 Å². The van der Waals surface area contributed by atoms with Crippen molar-refractivity contribution in [3.63, 3.8) is 0 Å². The van der Waals surface area contributed by atoms with Crippen molar-refractivity contribution in [1.82, 2.24) is 5.32 Å². The molecule has 2 aliphatic rings. The number of amides is 1. The second kappa shape index (κ2) is 3.33. The number of aliphatic hydroxyl groups is 1. The van der Waals surface area contributed by atoms with Crippen LogP contribution in [-0.2, 0) is 14.2 Å². The quantitative estimate of drug-likeness (QED) is 0.625. The highest BCUT2D eigenvalue weighted by Crippen LogP contribution is 2.36. The lowest BCUT2D eigenvalue weighted by Crippen LogP contribution is -2.65. The number of ether oxygens (including phenoxy) is 3. The Morgan fingerprint density at radius 3 is 2.87 bits per heavy atom. The van der Waals surface area contributed by atoms with Gasteiger partial charge in [0.15, 0.2) is 11.9 Å². The molecule has 2 aliphatic heterocycles. The van der Waals surface area contributed by atoms with Crippen LogP contribution in [0.2, 0.25) is 0 Å². The molecule has 0 saturated carbocycles. The summed E-state index contributed by atoms with van der Waals surface area (Å²) in [4.78, 5) is 11.2. The van der Waals surface area contributed by atoms with E-state index < -0.39 is 24.1 Å². The molecule has 2 N–H and O–H groups in total. The summed E-state index contributed by atoms with van der Waals surface area (Å²) in [5.74, 6) is 0. The number of hydrogen-bond donors (Lipinski definition) is 2. The van der Waals surface area contributed by atoms with Crippen LogP contribution in [0, 0.1) is 0 Å². The molecule has 0 unspecified atom stereocenters. The molecule has 6 nitrogen and oxygen atoms in total. The van der Waals surface area contributed by atoms with E-state index in [9.17, 15) is 9.90 Å². The molecule has 2 saturated heterocycles. The van der Waals surface area contributed by atoms with E-state index in [1.54, 1.807) is 13.8 Å². The summed E-state index contributed by atoms with van der Waals surface area (Å²) in [7, 11) is 1.45. The van der Waals surface area contributed by atoms with Crippen LogP contribution in [-0.4, -0.2) is 48.5 Å². The van der Waals surface area contributed by atoms with Gasteiger partial charge in [-0.15, -0.1) is 0 Å². The lowest BCUT2D eigenvalue weighted by Gasteiger charge is -2.44. The van der Waals surface area contributed by atoms with Crippen molar-refractivity contribution in [2.24, 2.45) is 0 Å². The lowest BCUT2D eigenvalue weighted by molar-refractivity contribution is -0.275. The Kier molecular flexibility index (Phi) is 2.37. The highest BCUT2D eigenvalue weighted by Gasteiger charge is 2.59. The van der Waals surface area contributed by atoms with Gasteiger partial charge in [-0.1, -0.05) is 0 Å². The van der Waals surface area contributed by atoms with Crippen LogP contribution in [0.25, 0.3) is 0 Å². The molecule has 0 radical (unpaired) electrons. The van der Waals surface area contributed by atoms with E-state index in [0.29, 0.717) is 0 Å². The number of rotatable bonds is 1. The Morgan fingerprint density at radius 2 is 2.27 bits per heavy atom. The molecule has 0 spiro atoms. The third-order valence-electron chi connectivity index (χ3n) is 3.10. The summed E-state index contributed by atoms with van der Waals surface area (Å²) >= 11 is 0. The Balaban J connectivity index is 2.32. The zero-order valence-corrected chi connectivity index (χ0v) is 8.89. The zero-order chi connectivity index (χ0) is 11.2. The number of methoxy groups -OCH3 is 1. The standard InChI is InChI=1S/C9H15NO5/c1-4-5-9(2,15-8(12)10-5)6(13-3)7(11)14-4/h4-7,11H,1-3H3,(H,10,12)/t4-,5+,6-,7+,9+/m0/s1. The average Bonchev–Trinajstić information content (AvgIpc) is 2.42. The predicted octanol–water partition coefficient (Wildman–Crippen LogP) is -0.394. The molecule has 2 heterocycles. The molecule has 0 aliphatic carbocycles. The van der Waals surface area contributed by atoms with Crippen molar-refractivity contribution in [2.45, 2.75) is 44.0 Å². The molecule has 2 fully saturated rings. The Bertz CT molecular complexity index is 284. The molecule has 86 valence electrons. The van der Waals surface area contributed by atoms with E-state index in [2.05, 4.69) is 5.32 Å². The van der Waals surface area contributed by atoms with Crippen molar-refractivity contribution in [1.29, 1.82) is 0 Å². The summed E-state index contributed by atoms with van der Waals surface area (Å²) in [6.07, 6.45) is -2.59. The highest BCUT2D eigenvalue weighted by molar-refractivity contribution is 5.71. The van der Waals surface area contributed by atoms with Crippen molar-refractivity contribution in [2.75, 3.05) is 7.11 Å². The van der Waals surface area contributed by atoms with E-state index in [0.717, 1.165) is 0 Å². The fourth-order valence-corrected chi connectivity index (χ4v) is 2.38. The van der Waals surface area contributed by atoms with Crippen LogP contribution in [0.5, 0.6) is 0 Å². The minimum absolute atomic E-state index is 0.307. The number of carbonyl (C=O) groups is 1. The van der Waals surface area contributed by atoms with Gasteiger partial charge < -0.3 is 24.6 Å². The van der Waals surface area contributed by atoms with Gasteiger partial charge in [0, 0.05) is 7.11 Å². The zero-order valence-electron chi connectivity index (χ0n) is 8.89. The van der Waals surface area contributed by atoms with Gasteiger partial charge in [-0.05, 0) is 13.8 Å². The summed E-state index contributed by atoms with van der Waals surface area (Å²) in [5.41, 5.74) is -0.886. The SMILES string of the molecule is CO[C@H]1[C@H](O)O[C@@H](C)[C@H]2NC(=O)O[C@]21C. The third kappa shape index (κ3) is 1.40. The van der Waals surface area contributed by atoms with E-state index in [-0.39, 0.29) is 12.1 Å². The predicted molar refractivity (Wildman–Crippen MR) is 49.2 cm³/mol. The molecule has 1 amide bonds. The molecule has 15 heavy (non-hydrogen) atoms. The molecule has 5 atom stereocenters. The molecule has 2 rings (SSSR count). The van der Waals surface area contributed by atoms with Crippen molar-refractivity contribution >= 4 is 6.09 Å². The minimum Gasteiger partial charge on any atom is -0.438 e. The van der Waals surface area contributed by atoms with Crippen LogP contribution in [0.1, 0.15) is 13.8 Å². The van der Waals surface area contributed by atoms with Gasteiger partial charge in [0.2, 0.25) is 0 Å². The van der Waals surface area contributed by atoms with Gasteiger partial charge in [0.05, 0.1) is 6.10 Å². The number of nitrogens with one attached hydrogen (secondary N) is 1. The van der Waals surface area contributed by atoms with E-state index in [1.165, 1.54) is 7.11 Å². The molecule has 0 aromatic heterocycles.